The SMILES string of the molecule is C[C@H](NC(=O)OCC1c2ccccc2-c2ccccc21)C(=O)N[C@H](C(=O)N1CCC[C@H]1Cn1nnnc1N(C)Cc1ccccc1)[C@@H](C)OCC#CC#CCO[C@H](C)[C@H](NC(=O)[C@H](C)NC(=O)OCC1c2ccccc2-c2ccccc21)C(=O)N1CCC[C@H]1Cn1nnnc1N(C)Cc1ccccc1. The van der Waals surface area contributed by atoms with Gasteiger partial charge in [0.25, 0.3) is 0 Å². The van der Waals surface area contributed by atoms with Crippen LogP contribution in [0.1, 0.15) is 98.6 Å². The fourth-order valence-electron chi connectivity index (χ4n) is 14.2. The number of likely N-dealkylation sites (tertiary alicyclic amines) is 2. The van der Waals surface area contributed by atoms with Crippen LogP contribution in [0.2, 0.25) is 0 Å². The van der Waals surface area contributed by atoms with Crippen LogP contribution in [0.5, 0.6) is 0 Å². The van der Waals surface area contributed by atoms with E-state index in [9.17, 15) is 28.8 Å². The summed E-state index contributed by atoms with van der Waals surface area (Å²) in [7, 11) is 3.80. The first-order valence-electron chi connectivity index (χ1n) is 35.2. The van der Waals surface area contributed by atoms with Gasteiger partial charge in [-0.05, 0) is 142 Å². The summed E-state index contributed by atoms with van der Waals surface area (Å²) in [5.41, 5.74) is 10.6. The second-order valence-corrected chi connectivity index (χ2v) is 26.7. The molecule has 0 unspecified atom stereocenters. The molecule has 2 saturated heterocycles. The van der Waals surface area contributed by atoms with Gasteiger partial charge < -0.3 is 59.8 Å². The highest BCUT2D eigenvalue weighted by molar-refractivity contribution is 5.93. The minimum absolute atomic E-state index is 0.0367. The lowest BCUT2D eigenvalue weighted by atomic mass is 9.98. The molecule has 538 valence electrons. The van der Waals surface area contributed by atoms with E-state index in [1.54, 1.807) is 33.0 Å². The Balaban J connectivity index is 0.693. The molecule has 26 nitrogen and oxygen atoms in total. The maximum atomic E-state index is 15.0. The summed E-state index contributed by atoms with van der Waals surface area (Å²) in [5.74, 6) is 9.82. The number of rotatable bonds is 28. The molecule has 0 bridgehead atoms. The molecule has 4 heterocycles. The fraction of sp³-hybridized carbons (Fsp3) is 0.385. The maximum absolute atomic E-state index is 15.0. The lowest BCUT2D eigenvalue weighted by molar-refractivity contribution is -0.141. The summed E-state index contributed by atoms with van der Waals surface area (Å²) in [6.07, 6.45) is -0.858. The number of tetrazole rings is 2. The number of nitrogens with zero attached hydrogens (tertiary/aromatic N) is 12. The van der Waals surface area contributed by atoms with Crippen molar-refractivity contribution in [2.75, 3.05) is 63.4 Å². The summed E-state index contributed by atoms with van der Waals surface area (Å²) in [6.45, 7) is 8.42. The molecule has 104 heavy (non-hydrogen) atoms. The van der Waals surface area contributed by atoms with Crippen molar-refractivity contribution in [2.45, 2.75) is 140 Å². The van der Waals surface area contributed by atoms with E-state index in [0.29, 0.717) is 63.8 Å². The first kappa shape index (κ1) is 72.3. The average molecular weight is 1410 g/mol. The largest absolute Gasteiger partial charge is 0.449 e. The molecule has 2 aliphatic carbocycles. The number of aromatic nitrogens is 8. The average Bonchev–Trinajstić information content (AvgIpc) is 1.62. The van der Waals surface area contributed by atoms with Crippen molar-refractivity contribution in [2.24, 2.45) is 0 Å². The first-order chi connectivity index (χ1) is 50.6. The second kappa shape index (κ2) is 34.0. The third-order valence-electron chi connectivity index (χ3n) is 19.6. The number of carbonyl (C=O) groups is 6. The summed E-state index contributed by atoms with van der Waals surface area (Å²) in [6, 6.07) is 46.4. The number of ether oxygens (including phenoxy) is 4. The Morgan fingerprint density at radius 1 is 0.481 bits per heavy atom. The van der Waals surface area contributed by atoms with E-state index < -0.39 is 72.2 Å². The van der Waals surface area contributed by atoms with Crippen molar-refractivity contribution in [3.05, 3.63) is 191 Å². The molecule has 6 aromatic carbocycles. The van der Waals surface area contributed by atoms with Crippen LogP contribution in [0.3, 0.4) is 0 Å². The highest BCUT2D eigenvalue weighted by Gasteiger charge is 2.41. The van der Waals surface area contributed by atoms with Gasteiger partial charge in [0.1, 0.15) is 50.6 Å². The van der Waals surface area contributed by atoms with Gasteiger partial charge in [-0.3, -0.25) is 19.2 Å². The van der Waals surface area contributed by atoms with Gasteiger partial charge in [-0.2, -0.15) is 0 Å². The lowest BCUT2D eigenvalue weighted by Crippen LogP contribution is -2.58. The van der Waals surface area contributed by atoms with Crippen LogP contribution >= 0.6 is 0 Å². The molecule has 6 amide bonds. The van der Waals surface area contributed by atoms with Crippen LogP contribution in [0.4, 0.5) is 21.5 Å². The molecule has 8 aromatic rings. The van der Waals surface area contributed by atoms with E-state index in [2.05, 4.69) is 76.0 Å². The van der Waals surface area contributed by atoms with Gasteiger partial charge in [-0.25, -0.2) is 19.0 Å². The van der Waals surface area contributed by atoms with Crippen molar-refractivity contribution in [1.29, 1.82) is 0 Å². The predicted octanol–water partition coefficient (Wildman–Crippen LogP) is 7.26. The number of hydrogen-bond donors (Lipinski definition) is 4. The molecule has 12 rings (SSSR count). The quantitative estimate of drug-likeness (QED) is 0.0351. The Morgan fingerprint density at radius 3 is 1.19 bits per heavy atom. The molecular formula is C78H86N16O10. The molecule has 4 N–H and O–H groups in total. The number of amides is 6. The van der Waals surface area contributed by atoms with Crippen LogP contribution in [0.15, 0.2) is 158 Å². The van der Waals surface area contributed by atoms with Gasteiger partial charge in [0.15, 0.2) is 0 Å². The Bertz CT molecular complexity index is 4100. The highest BCUT2D eigenvalue weighted by Crippen LogP contribution is 2.46. The normalized spacial score (nSPS) is 16.6. The fourth-order valence-corrected chi connectivity index (χ4v) is 14.2. The molecule has 2 aliphatic heterocycles. The molecule has 0 spiro atoms. The second-order valence-electron chi connectivity index (χ2n) is 26.7. The van der Waals surface area contributed by atoms with Crippen molar-refractivity contribution in [3.63, 3.8) is 0 Å². The Kier molecular flexibility index (Phi) is 23.6. The third-order valence-corrected chi connectivity index (χ3v) is 19.6. The van der Waals surface area contributed by atoms with Gasteiger partial charge in [0.2, 0.25) is 35.5 Å². The monoisotopic (exact) mass is 1410 g/mol. The molecule has 8 atom stereocenters. The molecule has 2 fully saturated rings. The number of fused-ring (bicyclic) bond motifs is 6. The van der Waals surface area contributed by atoms with E-state index in [-0.39, 0.29) is 63.4 Å². The van der Waals surface area contributed by atoms with Crippen LogP contribution in [0.25, 0.3) is 22.3 Å². The molecule has 4 aliphatic rings. The topological polar surface area (TPSA) is 288 Å². The smallest absolute Gasteiger partial charge is 0.407 e. The van der Waals surface area contributed by atoms with Crippen LogP contribution in [-0.4, -0.2) is 188 Å². The van der Waals surface area contributed by atoms with E-state index >= 15 is 0 Å². The number of nitrogens with one attached hydrogen (secondary N) is 4. The molecular weight excluding hydrogens is 1320 g/mol. The Hall–Kier alpha value is -11.5. The van der Waals surface area contributed by atoms with E-state index in [0.717, 1.165) is 55.6 Å². The van der Waals surface area contributed by atoms with Crippen molar-refractivity contribution in [1.82, 2.24) is 71.5 Å². The Morgan fingerprint density at radius 2 is 0.827 bits per heavy atom. The number of carbonyl (C=O) groups excluding carboxylic acids is 6. The summed E-state index contributed by atoms with van der Waals surface area (Å²) < 4.78 is 27.3. The Labute approximate surface area is 604 Å². The molecule has 0 saturated carbocycles. The number of alkyl carbamates (subject to hydrolysis) is 2. The number of anilines is 2. The summed E-state index contributed by atoms with van der Waals surface area (Å²) in [4.78, 5) is 92.6. The summed E-state index contributed by atoms with van der Waals surface area (Å²) in [5, 5.41) is 36.3. The van der Waals surface area contributed by atoms with E-state index in [1.807, 2.05) is 182 Å². The van der Waals surface area contributed by atoms with Gasteiger partial charge in [-0.15, -0.1) is 0 Å². The number of hydrogen-bond acceptors (Lipinski definition) is 18. The standard InChI is InChI=1S/C78H86N16O10/c1-51(79-77(99)103-49-67-63-37-19-15-33-59(63)60-34-16-20-38-64(60)67)71(95)81-69(73(97)91-41-25-31-57(91)47-93-75(83-85-87-93)89(5)45-55-27-11-9-12-28-55)53(3)101-43-23-7-8-24-44-102-54(4)70(74(98)92-42-26-32-58(92)48-94-76(84-86-88-94)90(6)46-56-29-13-10-14-30-56)82-72(96)52(2)80-78(100)104-50-68-65-39-21-17-35-61(65)62-36-18-22-40-66(62)68/h9-22,27-30,33-40,51-54,57-58,67-70H,25-26,31-32,41-50H2,1-6H3,(H,79,99)(H,80,100)(H,81,95)(H,82,96)/t51-,52-,53+,54+,57-,58-,69-,70-/m0/s1. The first-order valence-corrected chi connectivity index (χ1v) is 35.2. The van der Waals surface area contributed by atoms with Crippen molar-refractivity contribution >= 4 is 47.7 Å². The number of benzene rings is 6. The zero-order valence-corrected chi connectivity index (χ0v) is 59.1. The van der Waals surface area contributed by atoms with Crippen molar-refractivity contribution < 1.29 is 47.7 Å². The molecule has 0 radical (unpaired) electrons. The minimum Gasteiger partial charge on any atom is -0.449 e. The van der Waals surface area contributed by atoms with Gasteiger partial charge in [-0.1, -0.05) is 180 Å². The zero-order chi connectivity index (χ0) is 72.6. The van der Waals surface area contributed by atoms with Gasteiger partial charge in [0.05, 0.1) is 37.4 Å². The maximum Gasteiger partial charge on any atom is 0.407 e. The van der Waals surface area contributed by atoms with E-state index in [4.69, 9.17) is 18.9 Å². The highest BCUT2D eigenvalue weighted by atomic mass is 16.6. The van der Waals surface area contributed by atoms with E-state index in [1.165, 1.54) is 13.8 Å². The molecule has 2 aromatic heterocycles. The van der Waals surface area contributed by atoms with Gasteiger partial charge >= 0.3 is 12.2 Å². The van der Waals surface area contributed by atoms with Crippen LogP contribution in [-0.2, 0) is 64.3 Å². The zero-order valence-electron chi connectivity index (χ0n) is 59.1. The third kappa shape index (κ3) is 17.2. The van der Waals surface area contributed by atoms with Crippen LogP contribution in [0, 0.1) is 23.7 Å². The predicted molar refractivity (Wildman–Crippen MR) is 388 cm³/mol. The molecule has 26 heteroatoms. The van der Waals surface area contributed by atoms with Crippen LogP contribution < -0.4 is 31.1 Å². The lowest BCUT2D eigenvalue weighted by Gasteiger charge is -2.32. The van der Waals surface area contributed by atoms with Crippen molar-refractivity contribution in [3.8, 4) is 45.9 Å². The minimum atomic E-state index is -1.24. The summed E-state index contributed by atoms with van der Waals surface area (Å²) >= 11 is 0. The van der Waals surface area contributed by atoms with Gasteiger partial charge in [0, 0.05) is 52.1 Å².